The summed E-state index contributed by atoms with van der Waals surface area (Å²) in [6.07, 6.45) is 0. The molecule has 0 aromatic heterocycles. The van der Waals surface area contributed by atoms with Gasteiger partial charge in [-0.25, -0.2) is 4.79 Å². The van der Waals surface area contributed by atoms with E-state index in [2.05, 4.69) is 34.1 Å². The largest absolute Gasteiger partial charge is 0.489 e. The van der Waals surface area contributed by atoms with Gasteiger partial charge < -0.3 is 19.9 Å². The van der Waals surface area contributed by atoms with Crippen LogP contribution >= 0.6 is 15.9 Å². The minimum absolute atomic E-state index is 0.0129. The molecule has 0 bridgehead atoms. The standard InChI is InChI=1S/C31H23BrN2O4/c1-19-6-8-20(9-7-19)18-36-22-12-10-21(11-13-22)29-25-15-14-23(16-28(25)38-30(34)26(29)17-33)37-31(35)24-4-2-3-5-27(24)32/h2-16,29H,18,34H2,1H3. The van der Waals surface area contributed by atoms with Crippen molar-refractivity contribution in [3.63, 3.8) is 0 Å². The number of nitriles is 1. The average Bonchev–Trinajstić information content (AvgIpc) is 2.92. The van der Waals surface area contributed by atoms with E-state index >= 15 is 0 Å². The number of aryl methyl sites for hydroxylation is 1. The number of nitrogens with zero attached hydrogens (tertiary/aromatic N) is 1. The summed E-state index contributed by atoms with van der Waals surface area (Å²) < 4.78 is 17.9. The van der Waals surface area contributed by atoms with E-state index in [0.29, 0.717) is 39.5 Å². The van der Waals surface area contributed by atoms with Gasteiger partial charge in [0.15, 0.2) is 0 Å². The molecular weight excluding hydrogens is 544 g/mol. The maximum atomic E-state index is 12.7. The quantitative estimate of drug-likeness (QED) is 0.204. The Bertz CT molecular complexity index is 1570. The van der Waals surface area contributed by atoms with E-state index in [0.717, 1.165) is 16.7 Å². The second-order valence-electron chi connectivity index (χ2n) is 8.84. The van der Waals surface area contributed by atoms with Gasteiger partial charge in [-0.3, -0.25) is 0 Å². The van der Waals surface area contributed by atoms with Crippen molar-refractivity contribution in [3.8, 4) is 23.3 Å². The summed E-state index contributed by atoms with van der Waals surface area (Å²) in [6, 6.07) is 30.0. The number of halogens is 1. The highest BCUT2D eigenvalue weighted by molar-refractivity contribution is 9.10. The molecule has 1 heterocycles. The van der Waals surface area contributed by atoms with Crippen molar-refractivity contribution in [2.75, 3.05) is 0 Å². The Morgan fingerprint density at radius 2 is 1.71 bits per heavy atom. The molecule has 1 unspecified atom stereocenters. The third-order valence-corrected chi connectivity index (χ3v) is 6.93. The van der Waals surface area contributed by atoms with Crippen LogP contribution in [0.2, 0.25) is 0 Å². The number of carbonyl (C=O) groups excluding carboxylic acids is 1. The predicted molar refractivity (Wildman–Crippen MR) is 147 cm³/mol. The van der Waals surface area contributed by atoms with Crippen LogP contribution in [-0.2, 0) is 6.61 Å². The molecule has 0 amide bonds. The number of fused-ring (bicyclic) bond motifs is 1. The number of hydrogen-bond donors (Lipinski definition) is 1. The minimum atomic E-state index is -0.507. The van der Waals surface area contributed by atoms with Crippen molar-refractivity contribution in [1.29, 1.82) is 5.26 Å². The third-order valence-electron chi connectivity index (χ3n) is 6.23. The molecule has 2 N–H and O–H groups in total. The Morgan fingerprint density at radius 1 is 1.00 bits per heavy atom. The molecule has 0 saturated carbocycles. The lowest BCUT2D eigenvalue weighted by atomic mass is 9.83. The molecule has 5 rings (SSSR count). The van der Waals surface area contributed by atoms with Gasteiger partial charge in [-0.15, -0.1) is 0 Å². The maximum Gasteiger partial charge on any atom is 0.344 e. The normalized spacial score (nSPS) is 14.2. The highest BCUT2D eigenvalue weighted by Gasteiger charge is 2.31. The number of rotatable bonds is 6. The van der Waals surface area contributed by atoms with Gasteiger partial charge in [0.25, 0.3) is 0 Å². The van der Waals surface area contributed by atoms with Crippen LogP contribution in [0.4, 0.5) is 0 Å². The molecule has 0 fully saturated rings. The molecule has 0 spiro atoms. The number of carbonyl (C=O) groups is 1. The Kier molecular flexibility index (Phi) is 7.16. The van der Waals surface area contributed by atoms with Gasteiger partial charge >= 0.3 is 5.97 Å². The van der Waals surface area contributed by atoms with E-state index in [1.807, 2.05) is 49.4 Å². The zero-order valence-corrected chi connectivity index (χ0v) is 22.1. The number of esters is 1. The molecule has 0 saturated heterocycles. The first-order valence-corrected chi connectivity index (χ1v) is 12.7. The van der Waals surface area contributed by atoms with Gasteiger partial charge in [-0.1, -0.05) is 60.2 Å². The number of benzene rings is 4. The van der Waals surface area contributed by atoms with Crippen LogP contribution in [0.15, 0.2) is 107 Å². The highest BCUT2D eigenvalue weighted by atomic mass is 79.9. The van der Waals surface area contributed by atoms with Gasteiger partial charge in [-0.05, 0) is 64.3 Å². The molecule has 1 atom stereocenters. The van der Waals surface area contributed by atoms with Crippen LogP contribution < -0.4 is 19.9 Å². The smallest absolute Gasteiger partial charge is 0.344 e. The van der Waals surface area contributed by atoms with Gasteiger partial charge in [0.1, 0.15) is 35.5 Å². The van der Waals surface area contributed by atoms with Crippen molar-refractivity contribution in [1.82, 2.24) is 0 Å². The van der Waals surface area contributed by atoms with Crippen LogP contribution in [0.25, 0.3) is 0 Å². The Morgan fingerprint density at radius 3 is 2.42 bits per heavy atom. The summed E-state index contributed by atoms with van der Waals surface area (Å²) in [5.74, 6) is 0.500. The van der Waals surface area contributed by atoms with Crippen molar-refractivity contribution in [2.45, 2.75) is 19.4 Å². The SMILES string of the molecule is Cc1ccc(COc2ccc(C3C(C#N)=C(N)Oc4cc(OC(=O)c5ccccc5Br)ccc43)cc2)cc1. The van der Waals surface area contributed by atoms with Crippen molar-refractivity contribution >= 4 is 21.9 Å². The van der Waals surface area contributed by atoms with Gasteiger partial charge in [0.05, 0.1) is 11.5 Å². The fourth-order valence-corrected chi connectivity index (χ4v) is 4.69. The summed E-state index contributed by atoms with van der Waals surface area (Å²) in [5.41, 5.74) is 10.7. The van der Waals surface area contributed by atoms with Crippen LogP contribution in [0.3, 0.4) is 0 Å². The topological polar surface area (TPSA) is 94.6 Å². The van der Waals surface area contributed by atoms with E-state index < -0.39 is 11.9 Å². The van der Waals surface area contributed by atoms with Gasteiger partial charge in [0, 0.05) is 16.1 Å². The lowest BCUT2D eigenvalue weighted by Gasteiger charge is -2.27. The zero-order valence-electron chi connectivity index (χ0n) is 20.5. The van der Waals surface area contributed by atoms with Crippen LogP contribution in [-0.4, -0.2) is 5.97 Å². The van der Waals surface area contributed by atoms with E-state index in [4.69, 9.17) is 19.9 Å². The molecule has 1 aliphatic rings. The number of nitrogens with two attached hydrogens (primary N) is 1. The Labute approximate surface area is 229 Å². The fraction of sp³-hybridized carbons (Fsp3) is 0.0968. The molecule has 6 nitrogen and oxygen atoms in total. The second-order valence-corrected chi connectivity index (χ2v) is 9.69. The van der Waals surface area contributed by atoms with Crippen LogP contribution in [0.1, 0.15) is 38.5 Å². The molecule has 38 heavy (non-hydrogen) atoms. The summed E-state index contributed by atoms with van der Waals surface area (Å²) in [6.45, 7) is 2.50. The lowest BCUT2D eigenvalue weighted by molar-refractivity contribution is 0.0733. The first-order chi connectivity index (χ1) is 18.4. The third kappa shape index (κ3) is 5.26. The van der Waals surface area contributed by atoms with Crippen LogP contribution in [0.5, 0.6) is 17.2 Å². The maximum absolute atomic E-state index is 12.7. The number of hydrogen-bond acceptors (Lipinski definition) is 6. The van der Waals surface area contributed by atoms with Gasteiger partial charge in [-0.2, -0.15) is 5.26 Å². The van der Waals surface area contributed by atoms with E-state index in [9.17, 15) is 10.1 Å². The van der Waals surface area contributed by atoms with Crippen molar-refractivity contribution < 1.29 is 19.0 Å². The zero-order chi connectivity index (χ0) is 26.6. The Hall–Kier alpha value is -4.54. The predicted octanol–water partition coefficient (Wildman–Crippen LogP) is 6.77. The average molecular weight is 567 g/mol. The van der Waals surface area contributed by atoms with E-state index in [1.54, 1.807) is 36.4 Å². The summed E-state index contributed by atoms with van der Waals surface area (Å²) in [7, 11) is 0. The number of allylic oxidation sites excluding steroid dienone is 1. The summed E-state index contributed by atoms with van der Waals surface area (Å²) >= 11 is 3.37. The second kappa shape index (κ2) is 10.8. The molecule has 1 aliphatic heterocycles. The summed E-state index contributed by atoms with van der Waals surface area (Å²) in [4.78, 5) is 12.7. The fourth-order valence-electron chi connectivity index (χ4n) is 4.24. The number of ether oxygens (including phenoxy) is 3. The first kappa shape index (κ1) is 25.1. The van der Waals surface area contributed by atoms with E-state index in [1.165, 1.54) is 5.56 Å². The first-order valence-electron chi connectivity index (χ1n) is 11.9. The van der Waals surface area contributed by atoms with Crippen LogP contribution in [0, 0.1) is 18.3 Å². The molecule has 0 radical (unpaired) electrons. The molecule has 0 aliphatic carbocycles. The van der Waals surface area contributed by atoms with Gasteiger partial charge in [0.2, 0.25) is 5.88 Å². The Balaban J connectivity index is 1.38. The minimum Gasteiger partial charge on any atom is -0.489 e. The molecule has 4 aromatic carbocycles. The molecule has 188 valence electrons. The molecular formula is C31H23BrN2O4. The molecule has 7 heteroatoms. The van der Waals surface area contributed by atoms with E-state index in [-0.39, 0.29) is 5.88 Å². The monoisotopic (exact) mass is 566 g/mol. The lowest BCUT2D eigenvalue weighted by Crippen LogP contribution is -2.21. The van der Waals surface area contributed by atoms with Crippen molar-refractivity contribution in [2.24, 2.45) is 5.73 Å². The highest BCUT2D eigenvalue weighted by Crippen LogP contribution is 2.43. The summed E-state index contributed by atoms with van der Waals surface area (Å²) in [5, 5.41) is 9.86. The molecule has 4 aromatic rings. The van der Waals surface area contributed by atoms with Crippen molar-refractivity contribution in [3.05, 3.63) is 135 Å².